The fraction of sp³-hybridized carbons (Fsp3) is 0.143. The molecule has 6 nitrogen and oxygen atoms in total. The molecule has 1 aromatic carbocycles. The molecular weight excluding hydrogens is 254 g/mol. The summed E-state index contributed by atoms with van der Waals surface area (Å²) in [5.74, 6) is 0.274. The Hall–Kier alpha value is -2.94. The summed E-state index contributed by atoms with van der Waals surface area (Å²) < 4.78 is 0. The fourth-order valence-electron chi connectivity index (χ4n) is 1.57. The highest BCUT2D eigenvalue weighted by molar-refractivity contribution is 6.02. The monoisotopic (exact) mass is 267 g/mol. The molecule has 2 rings (SSSR count). The summed E-state index contributed by atoms with van der Waals surface area (Å²) in [6.45, 7) is 0. The maximum absolute atomic E-state index is 11.9. The highest BCUT2D eigenvalue weighted by Crippen LogP contribution is 2.11. The largest absolute Gasteiger partial charge is 0.372 e. The number of hydrogen-bond acceptors (Lipinski definition) is 5. The first-order chi connectivity index (χ1) is 9.72. The maximum atomic E-state index is 11.9. The predicted octanol–water partition coefficient (Wildman–Crippen LogP) is 1.84. The molecule has 0 saturated heterocycles. The molecule has 1 heterocycles. The van der Waals surface area contributed by atoms with Crippen LogP contribution in [-0.4, -0.2) is 22.9 Å². The molecule has 0 radical (unpaired) electrons. The van der Waals surface area contributed by atoms with Crippen molar-refractivity contribution in [2.75, 3.05) is 17.7 Å². The first-order valence-electron chi connectivity index (χ1n) is 6.00. The van der Waals surface area contributed by atoms with E-state index in [0.29, 0.717) is 17.9 Å². The molecule has 0 spiro atoms. The van der Waals surface area contributed by atoms with Crippen molar-refractivity contribution in [3.8, 4) is 6.07 Å². The molecule has 100 valence electrons. The van der Waals surface area contributed by atoms with Gasteiger partial charge in [-0.25, -0.2) is 9.97 Å². The van der Waals surface area contributed by atoms with Crippen LogP contribution in [0.15, 0.2) is 36.7 Å². The summed E-state index contributed by atoms with van der Waals surface area (Å²) in [7, 11) is 1.73. The third-order valence-corrected chi connectivity index (χ3v) is 2.64. The van der Waals surface area contributed by atoms with Crippen LogP contribution in [0.1, 0.15) is 16.1 Å². The van der Waals surface area contributed by atoms with Gasteiger partial charge in [0.25, 0.3) is 5.91 Å². The minimum Gasteiger partial charge on any atom is -0.372 e. The van der Waals surface area contributed by atoms with Gasteiger partial charge in [-0.05, 0) is 17.7 Å². The lowest BCUT2D eigenvalue weighted by atomic mass is 10.1. The van der Waals surface area contributed by atoms with E-state index < -0.39 is 0 Å². The Kier molecular flexibility index (Phi) is 4.24. The number of carbonyl (C=O) groups excluding carboxylic acids is 1. The lowest BCUT2D eigenvalue weighted by Crippen LogP contribution is -2.14. The van der Waals surface area contributed by atoms with Gasteiger partial charge in [-0.1, -0.05) is 12.1 Å². The molecule has 20 heavy (non-hydrogen) atoms. The van der Waals surface area contributed by atoms with E-state index >= 15 is 0 Å². The Morgan fingerprint density at radius 1 is 1.25 bits per heavy atom. The van der Waals surface area contributed by atoms with Gasteiger partial charge in [0.1, 0.15) is 11.5 Å². The van der Waals surface area contributed by atoms with E-state index in [2.05, 4.69) is 26.7 Å². The zero-order valence-electron chi connectivity index (χ0n) is 10.9. The number of nitriles is 1. The number of nitrogens with zero attached hydrogens (tertiary/aromatic N) is 3. The van der Waals surface area contributed by atoms with Crippen molar-refractivity contribution in [1.29, 1.82) is 5.26 Å². The number of rotatable bonds is 4. The summed E-state index contributed by atoms with van der Waals surface area (Å²) in [4.78, 5) is 20.0. The van der Waals surface area contributed by atoms with Crippen LogP contribution in [0.3, 0.4) is 0 Å². The molecular formula is C14H13N5O. The number of hydrogen-bond donors (Lipinski definition) is 2. The second-order valence-electron chi connectivity index (χ2n) is 4.02. The smallest absolute Gasteiger partial charge is 0.275 e. The number of benzene rings is 1. The molecule has 0 saturated carbocycles. The number of nitrogens with one attached hydrogen (secondary N) is 2. The van der Waals surface area contributed by atoms with Crippen LogP contribution in [0.4, 0.5) is 11.5 Å². The second-order valence-corrected chi connectivity index (χ2v) is 4.02. The normalized spacial score (nSPS) is 9.60. The van der Waals surface area contributed by atoms with Gasteiger partial charge in [0, 0.05) is 12.7 Å². The van der Waals surface area contributed by atoms with Crippen LogP contribution >= 0.6 is 0 Å². The van der Waals surface area contributed by atoms with Crippen LogP contribution < -0.4 is 10.6 Å². The highest BCUT2D eigenvalue weighted by atomic mass is 16.1. The lowest BCUT2D eigenvalue weighted by Gasteiger charge is -2.05. The Morgan fingerprint density at radius 3 is 2.55 bits per heavy atom. The van der Waals surface area contributed by atoms with Crippen LogP contribution in [0, 0.1) is 11.3 Å². The van der Waals surface area contributed by atoms with Gasteiger partial charge in [-0.3, -0.25) is 4.79 Å². The van der Waals surface area contributed by atoms with Crippen molar-refractivity contribution in [1.82, 2.24) is 9.97 Å². The second kappa shape index (κ2) is 6.29. The van der Waals surface area contributed by atoms with Crippen LogP contribution in [0.2, 0.25) is 0 Å². The van der Waals surface area contributed by atoms with Gasteiger partial charge < -0.3 is 10.6 Å². The molecule has 2 N–H and O–H groups in total. The summed E-state index contributed by atoms with van der Waals surface area (Å²) in [6, 6.07) is 9.17. The molecule has 0 atom stereocenters. The molecule has 1 amide bonds. The lowest BCUT2D eigenvalue weighted by molar-refractivity contribution is 0.102. The summed E-state index contributed by atoms with van der Waals surface area (Å²) in [5.41, 5.74) is 1.80. The Balaban J connectivity index is 2.05. The maximum Gasteiger partial charge on any atom is 0.275 e. The van der Waals surface area contributed by atoms with Gasteiger partial charge >= 0.3 is 0 Å². The van der Waals surface area contributed by atoms with Crippen molar-refractivity contribution in [3.63, 3.8) is 0 Å². The van der Waals surface area contributed by atoms with Gasteiger partial charge in [0.15, 0.2) is 0 Å². The van der Waals surface area contributed by atoms with E-state index in [0.717, 1.165) is 5.56 Å². The zero-order chi connectivity index (χ0) is 14.4. The van der Waals surface area contributed by atoms with Crippen LogP contribution in [0.25, 0.3) is 0 Å². The first kappa shape index (κ1) is 13.5. The molecule has 6 heteroatoms. The van der Waals surface area contributed by atoms with Gasteiger partial charge in [-0.15, -0.1) is 0 Å². The summed E-state index contributed by atoms with van der Waals surface area (Å²) in [6.07, 6.45) is 3.25. The number of aromatic nitrogens is 2. The molecule has 0 aliphatic heterocycles. The van der Waals surface area contributed by atoms with Crippen molar-refractivity contribution < 1.29 is 4.79 Å². The predicted molar refractivity (Wildman–Crippen MR) is 75.3 cm³/mol. The minimum absolute atomic E-state index is 0.241. The fourth-order valence-corrected chi connectivity index (χ4v) is 1.57. The van der Waals surface area contributed by atoms with E-state index in [4.69, 9.17) is 5.26 Å². The summed E-state index contributed by atoms with van der Waals surface area (Å²) in [5, 5.41) is 14.1. The molecule has 0 aliphatic carbocycles. The SMILES string of the molecule is CNc1cnc(C(=O)Nc2ccc(CC#N)cc2)cn1. The van der Waals surface area contributed by atoms with E-state index in [-0.39, 0.29) is 11.6 Å². The molecule has 0 fully saturated rings. The van der Waals surface area contributed by atoms with Crippen LogP contribution in [-0.2, 0) is 6.42 Å². The molecule has 0 bridgehead atoms. The minimum atomic E-state index is -0.326. The van der Waals surface area contributed by atoms with Gasteiger partial charge in [0.2, 0.25) is 0 Å². The van der Waals surface area contributed by atoms with E-state index in [1.165, 1.54) is 12.4 Å². The van der Waals surface area contributed by atoms with Crippen LogP contribution in [0.5, 0.6) is 0 Å². The highest BCUT2D eigenvalue weighted by Gasteiger charge is 2.08. The standard InChI is InChI=1S/C14H13N5O/c1-16-13-9-17-12(8-18-13)14(20)19-11-4-2-10(3-5-11)6-7-15/h2-5,8-9H,6H2,1H3,(H,16,18)(H,19,20). The number of amides is 1. The van der Waals surface area contributed by atoms with Crippen molar-refractivity contribution >= 4 is 17.4 Å². The number of anilines is 2. The van der Waals surface area contributed by atoms with Crippen molar-refractivity contribution in [3.05, 3.63) is 47.9 Å². The van der Waals surface area contributed by atoms with Gasteiger partial charge in [-0.2, -0.15) is 5.26 Å². The molecule has 1 aromatic heterocycles. The average molecular weight is 267 g/mol. The first-order valence-corrected chi connectivity index (χ1v) is 6.00. The number of carbonyl (C=O) groups is 1. The van der Waals surface area contributed by atoms with Gasteiger partial charge in [0.05, 0.1) is 24.9 Å². The van der Waals surface area contributed by atoms with E-state index in [1.807, 2.05) is 0 Å². The quantitative estimate of drug-likeness (QED) is 0.882. The molecule has 2 aromatic rings. The third-order valence-electron chi connectivity index (χ3n) is 2.64. The Bertz CT molecular complexity index is 628. The zero-order valence-corrected chi connectivity index (χ0v) is 10.9. The summed E-state index contributed by atoms with van der Waals surface area (Å²) >= 11 is 0. The third kappa shape index (κ3) is 3.29. The van der Waals surface area contributed by atoms with Crippen molar-refractivity contribution in [2.24, 2.45) is 0 Å². The van der Waals surface area contributed by atoms with E-state index in [9.17, 15) is 4.79 Å². The average Bonchev–Trinajstić information content (AvgIpc) is 2.49. The topological polar surface area (TPSA) is 90.7 Å². The molecule has 0 unspecified atom stereocenters. The Morgan fingerprint density at radius 2 is 2.00 bits per heavy atom. The van der Waals surface area contributed by atoms with E-state index in [1.54, 1.807) is 31.3 Å². The Labute approximate surface area is 116 Å². The van der Waals surface area contributed by atoms with Crippen molar-refractivity contribution in [2.45, 2.75) is 6.42 Å². The molecule has 0 aliphatic rings.